The van der Waals surface area contributed by atoms with Gasteiger partial charge in [0.15, 0.2) is 0 Å². The summed E-state index contributed by atoms with van der Waals surface area (Å²) in [5.74, 6) is -0.308. The lowest BCUT2D eigenvalue weighted by Crippen LogP contribution is -1.90. The third kappa shape index (κ3) is 2.81. The van der Waals surface area contributed by atoms with Crippen molar-refractivity contribution in [3.05, 3.63) is 28.0 Å². The molecule has 0 fully saturated rings. The van der Waals surface area contributed by atoms with Crippen molar-refractivity contribution in [3.8, 4) is 0 Å². The Morgan fingerprint density at radius 1 is 1.33 bits per heavy atom. The van der Waals surface area contributed by atoms with Gasteiger partial charge >= 0.3 is 0 Å². The number of rotatable bonds is 0. The monoisotopic (exact) mass is 233 g/mol. The van der Waals surface area contributed by atoms with Gasteiger partial charge in [-0.1, -0.05) is 13.8 Å². The van der Waals surface area contributed by atoms with Crippen molar-refractivity contribution < 1.29 is 4.39 Å². The van der Waals surface area contributed by atoms with E-state index in [0.717, 1.165) is 5.56 Å². The molecule has 0 aliphatic carbocycles. The topological polar surface area (TPSA) is 26.0 Å². The molecule has 0 atom stereocenters. The number of nitrogen functional groups attached to an aromatic ring is 1. The van der Waals surface area contributed by atoms with Crippen LogP contribution >= 0.6 is 15.9 Å². The quantitative estimate of drug-likeness (QED) is 0.683. The number of halogens is 2. The summed E-state index contributed by atoms with van der Waals surface area (Å²) in [6.45, 7) is 5.80. The van der Waals surface area contributed by atoms with Crippen LogP contribution in [0.15, 0.2) is 16.6 Å². The molecule has 0 aliphatic heterocycles. The first-order valence-electron chi connectivity index (χ1n) is 3.82. The van der Waals surface area contributed by atoms with E-state index in [1.807, 2.05) is 13.8 Å². The summed E-state index contributed by atoms with van der Waals surface area (Å²) in [4.78, 5) is 0. The molecule has 0 bridgehead atoms. The first kappa shape index (κ1) is 11.4. The van der Waals surface area contributed by atoms with Gasteiger partial charge in [0, 0.05) is 5.69 Å². The lowest BCUT2D eigenvalue weighted by Gasteiger charge is -2.00. The van der Waals surface area contributed by atoms with E-state index >= 15 is 0 Å². The largest absolute Gasteiger partial charge is 0.398 e. The van der Waals surface area contributed by atoms with Gasteiger partial charge < -0.3 is 5.73 Å². The molecule has 0 radical (unpaired) electrons. The summed E-state index contributed by atoms with van der Waals surface area (Å²) in [5.41, 5.74) is 6.71. The Hall–Kier alpha value is -0.570. The minimum Gasteiger partial charge on any atom is -0.398 e. The smallest absolute Gasteiger partial charge is 0.139 e. The lowest BCUT2D eigenvalue weighted by atomic mass is 10.2. The van der Waals surface area contributed by atoms with Crippen LogP contribution in [-0.2, 0) is 0 Å². The molecule has 0 aromatic heterocycles. The van der Waals surface area contributed by atoms with Crippen molar-refractivity contribution in [3.63, 3.8) is 0 Å². The highest BCUT2D eigenvalue weighted by Crippen LogP contribution is 2.23. The van der Waals surface area contributed by atoms with Crippen LogP contribution in [0.1, 0.15) is 19.4 Å². The Morgan fingerprint density at radius 3 is 2.25 bits per heavy atom. The van der Waals surface area contributed by atoms with E-state index in [2.05, 4.69) is 15.9 Å². The highest BCUT2D eigenvalue weighted by atomic mass is 79.9. The summed E-state index contributed by atoms with van der Waals surface area (Å²) in [6.07, 6.45) is 0. The molecular weight excluding hydrogens is 221 g/mol. The normalized spacial score (nSPS) is 8.75. The zero-order valence-electron chi connectivity index (χ0n) is 7.49. The number of hydrogen-bond donors (Lipinski definition) is 1. The molecular formula is C9H13BrFN. The average Bonchev–Trinajstić information content (AvgIpc) is 2.04. The van der Waals surface area contributed by atoms with Crippen molar-refractivity contribution in [1.29, 1.82) is 0 Å². The molecule has 0 unspecified atom stereocenters. The molecule has 1 rings (SSSR count). The summed E-state index contributed by atoms with van der Waals surface area (Å²) < 4.78 is 13.1. The summed E-state index contributed by atoms with van der Waals surface area (Å²) in [5, 5.41) is 0. The standard InChI is InChI=1S/C7H7BrFN.C2H6/c1-4-2-5(9)7(8)6(10)3-4;1-2/h2-3H,10H2,1H3;1-2H3. The third-order valence-corrected chi connectivity index (χ3v) is 2.04. The van der Waals surface area contributed by atoms with E-state index in [4.69, 9.17) is 5.73 Å². The Labute approximate surface area is 80.9 Å². The van der Waals surface area contributed by atoms with Crippen molar-refractivity contribution in [2.75, 3.05) is 5.73 Å². The second kappa shape index (κ2) is 5.14. The van der Waals surface area contributed by atoms with Gasteiger partial charge in [-0.15, -0.1) is 0 Å². The van der Waals surface area contributed by atoms with Crippen LogP contribution < -0.4 is 5.73 Å². The number of benzene rings is 1. The highest BCUT2D eigenvalue weighted by molar-refractivity contribution is 9.10. The third-order valence-electron chi connectivity index (χ3n) is 1.20. The molecule has 1 aromatic carbocycles. The predicted octanol–water partition coefficient (Wildman–Crippen LogP) is 3.51. The van der Waals surface area contributed by atoms with E-state index in [9.17, 15) is 4.39 Å². The maximum absolute atomic E-state index is 12.7. The number of hydrogen-bond acceptors (Lipinski definition) is 1. The van der Waals surface area contributed by atoms with Crippen LogP contribution in [0.5, 0.6) is 0 Å². The molecule has 1 aromatic rings. The van der Waals surface area contributed by atoms with Crippen LogP contribution in [0.25, 0.3) is 0 Å². The minimum absolute atomic E-state index is 0.308. The molecule has 3 heteroatoms. The maximum atomic E-state index is 12.7. The fourth-order valence-corrected chi connectivity index (χ4v) is 0.980. The van der Waals surface area contributed by atoms with Crippen molar-refractivity contribution >= 4 is 21.6 Å². The molecule has 0 saturated carbocycles. The average molecular weight is 234 g/mol. The van der Waals surface area contributed by atoms with Crippen LogP contribution in [-0.4, -0.2) is 0 Å². The number of aryl methyl sites for hydroxylation is 1. The van der Waals surface area contributed by atoms with E-state index < -0.39 is 0 Å². The van der Waals surface area contributed by atoms with Gasteiger partial charge in [-0.3, -0.25) is 0 Å². The van der Waals surface area contributed by atoms with Gasteiger partial charge in [-0.2, -0.15) is 0 Å². The van der Waals surface area contributed by atoms with Gasteiger partial charge in [0.25, 0.3) is 0 Å². The molecule has 0 spiro atoms. The lowest BCUT2D eigenvalue weighted by molar-refractivity contribution is 0.621. The summed E-state index contributed by atoms with van der Waals surface area (Å²) in [7, 11) is 0. The van der Waals surface area contributed by atoms with E-state index in [1.54, 1.807) is 13.0 Å². The SMILES string of the molecule is CC.Cc1cc(N)c(Br)c(F)c1. The minimum atomic E-state index is -0.308. The Kier molecular flexibility index (Phi) is 4.90. The fourth-order valence-electron chi connectivity index (χ4n) is 0.751. The van der Waals surface area contributed by atoms with E-state index in [0.29, 0.717) is 10.2 Å². The van der Waals surface area contributed by atoms with Gasteiger partial charge in [-0.25, -0.2) is 4.39 Å². The van der Waals surface area contributed by atoms with E-state index in [-0.39, 0.29) is 5.82 Å². The molecule has 0 aliphatic rings. The first-order valence-corrected chi connectivity index (χ1v) is 4.61. The molecule has 1 nitrogen and oxygen atoms in total. The van der Waals surface area contributed by atoms with Crippen molar-refractivity contribution in [2.24, 2.45) is 0 Å². The van der Waals surface area contributed by atoms with Crippen LogP contribution in [0.4, 0.5) is 10.1 Å². The van der Waals surface area contributed by atoms with Gasteiger partial charge in [-0.05, 0) is 40.5 Å². The fraction of sp³-hybridized carbons (Fsp3) is 0.333. The highest BCUT2D eigenvalue weighted by Gasteiger charge is 2.02. The molecule has 0 amide bonds. The van der Waals surface area contributed by atoms with Crippen molar-refractivity contribution in [1.82, 2.24) is 0 Å². The van der Waals surface area contributed by atoms with Crippen LogP contribution in [0.2, 0.25) is 0 Å². The second-order valence-electron chi connectivity index (χ2n) is 2.15. The van der Waals surface area contributed by atoms with Crippen LogP contribution in [0, 0.1) is 12.7 Å². The molecule has 2 N–H and O–H groups in total. The molecule has 68 valence electrons. The zero-order valence-corrected chi connectivity index (χ0v) is 9.07. The van der Waals surface area contributed by atoms with Gasteiger partial charge in [0.2, 0.25) is 0 Å². The Morgan fingerprint density at radius 2 is 1.83 bits per heavy atom. The number of anilines is 1. The second-order valence-corrected chi connectivity index (χ2v) is 2.94. The molecule has 12 heavy (non-hydrogen) atoms. The maximum Gasteiger partial charge on any atom is 0.139 e. The zero-order chi connectivity index (χ0) is 9.72. The first-order chi connectivity index (χ1) is 5.61. The molecule has 0 saturated heterocycles. The Bertz CT molecular complexity index is 238. The Balaban J connectivity index is 0.000000561. The van der Waals surface area contributed by atoms with Crippen molar-refractivity contribution in [2.45, 2.75) is 20.8 Å². The van der Waals surface area contributed by atoms with Gasteiger partial charge in [0.05, 0.1) is 4.47 Å². The summed E-state index contributed by atoms with van der Waals surface area (Å²) in [6, 6.07) is 3.15. The predicted molar refractivity (Wildman–Crippen MR) is 54.6 cm³/mol. The molecule has 0 heterocycles. The van der Waals surface area contributed by atoms with Crippen LogP contribution in [0.3, 0.4) is 0 Å². The summed E-state index contributed by atoms with van der Waals surface area (Å²) >= 11 is 3.01. The van der Waals surface area contributed by atoms with Gasteiger partial charge in [0.1, 0.15) is 5.82 Å². The number of nitrogens with two attached hydrogens (primary N) is 1. The van der Waals surface area contributed by atoms with E-state index in [1.165, 1.54) is 6.07 Å².